The van der Waals surface area contributed by atoms with E-state index in [2.05, 4.69) is 10.6 Å². The van der Waals surface area contributed by atoms with Gasteiger partial charge in [0.2, 0.25) is 17.7 Å². The summed E-state index contributed by atoms with van der Waals surface area (Å²) in [5.74, 6) is -5.19. The zero-order chi connectivity index (χ0) is 25.4. The van der Waals surface area contributed by atoms with Gasteiger partial charge < -0.3 is 10.4 Å². The monoisotopic (exact) mass is 509 g/mol. The molecule has 0 saturated carbocycles. The number of phenols is 1. The van der Waals surface area contributed by atoms with Crippen molar-refractivity contribution in [1.82, 2.24) is 5.32 Å². The summed E-state index contributed by atoms with van der Waals surface area (Å²) in [5, 5.41) is 15.3. The van der Waals surface area contributed by atoms with Gasteiger partial charge in [-0.25, -0.2) is 13.7 Å². The summed E-state index contributed by atoms with van der Waals surface area (Å²) in [6.45, 7) is 0. The van der Waals surface area contributed by atoms with Gasteiger partial charge in [-0.3, -0.25) is 19.7 Å². The highest BCUT2D eigenvalue weighted by Gasteiger charge is 2.70. The Bertz CT molecular complexity index is 1460. The second-order valence-electron chi connectivity index (χ2n) is 9.19. The fourth-order valence-electron chi connectivity index (χ4n) is 5.71. The average molecular weight is 510 g/mol. The number of nitrogens with zero attached hydrogens (tertiary/aromatic N) is 1. The van der Waals surface area contributed by atoms with Crippen LogP contribution >= 0.6 is 11.6 Å². The topological polar surface area (TPSA) is 98.7 Å². The molecule has 0 bridgehead atoms. The summed E-state index contributed by atoms with van der Waals surface area (Å²) >= 11 is 5.92. The first-order valence-electron chi connectivity index (χ1n) is 11.2. The molecular formula is C26H18ClF2N3O4. The van der Waals surface area contributed by atoms with Crippen LogP contribution < -0.4 is 15.5 Å². The molecule has 0 unspecified atom stereocenters. The van der Waals surface area contributed by atoms with E-state index in [0.29, 0.717) is 5.69 Å². The molecule has 7 nitrogen and oxygen atoms in total. The standard InChI is InChI=1S/C26H18ClF2N3O4/c27-17-11-14(4-7-18(17)29)32-23(34)21-20(9-12-1-5-15(33)6-2-12)31-26(22(21)24(32)35)16-10-13(28)3-8-19(16)30-25(26)36/h1-8,10-11,20-22,31,33H,9H2,(H,30,36)/t20-,21+,22-,26+/m0/s1. The third-order valence-electron chi connectivity index (χ3n) is 7.23. The van der Waals surface area contributed by atoms with Gasteiger partial charge in [0.05, 0.1) is 22.5 Å². The van der Waals surface area contributed by atoms with Gasteiger partial charge in [-0.1, -0.05) is 23.7 Å². The van der Waals surface area contributed by atoms with Crippen molar-refractivity contribution in [1.29, 1.82) is 0 Å². The van der Waals surface area contributed by atoms with Crippen LogP contribution in [0, 0.1) is 23.5 Å². The lowest BCUT2D eigenvalue weighted by molar-refractivity contribution is -0.130. The van der Waals surface area contributed by atoms with Crippen molar-refractivity contribution in [3.8, 4) is 5.75 Å². The first kappa shape index (κ1) is 22.6. The van der Waals surface area contributed by atoms with Crippen molar-refractivity contribution in [2.24, 2.45) is 11.8 Å². The Balaban J connectivity index is 1.50. The number of fused-ring (bicyclic) bond motifs is 4. The van der Waals surface area contributed by atoms with E-state index >= 15 is 0 Å². The molecule has 3 aliphatic heterocycles. The zero-order valence-electron chi connectivity index (χ0n) is 18.5. The number of carbonyl (C=O) groups is 3. The van der Waals surface area contributed by atoms with E-state index in [9.17, 15) is 28.3 Å². The van der Waals surface area contributed by atoms with E-state index in [1.165, 1.54) is 42.5 Å². The van der Waals surface area contributed by atoms with E-state index in [-0.39, 0.29) is 28.4 Å². The maximum absolute atomic E-state index is 14.3. The van der Waals surface area contributed by atoms with Gasteiger partial charge in [0, 0.05) is 17.3 Å². The van der Waals surface area contributed by atoms with E-state index < -0.39 is 52.8 Å². The molecule has 3 aromatic carbocycles. The number of nitrogens with one attached hydrogen (secondary N) is 2. The lowest BCUT2D eigenvalue weighted by Crippen LogP contribution is -2.53. The molecule has 182 valence electrons. The van der Waals surface area contributed by atoms with E-state index in [1.807, 2.05) is 0 Å². The maximum Gasteiger partial charge on any atom is 0.250 e. The molecule has 4 atom stereocenters. The van der Waals surface area contributed by atoms with E-state index in [1.54, 1.807) is 12.1 Å². The highest BCUT2D eigenvalue weighted by Crippen LogP contribution is 2.54. The highest BCUT2D eigenvalue weighted by molar-refractivity contribution is 6.32. The number of rotatable bonds is 3. The predicted octanol–water partition coefficient (Wildman–Crippen LogP) is 3.49. The molecule has 10 heteroatoms. The lowest BCUT2D eigenvalue weighted by atomic mass is 9.76. The van der Waals surface area contributed by atoms with Gasteiger partial charge in [-0.15, -0.1) is 0 Å². The average Bonchev–Trinajstić information content (AvgIpc) is 3.42. The number of amides is 3. The number of aromatic hydroxyl groups is 1. The molecule has 2 fully saturated rings. The molecule has 0 aromatic heterocycles. The van der Waals surface area contributed by atoms with Crippen LogP contribution in [0.1, 0.15) is 11.1 Å². The van der Waals surface area contributed by atoms with Gasteiger partial charge >= 0.3 is 0 Å². The van der Waals surface area contributed by atoms with Crippen molar-refractivity contribution in [2.45, 2.75) is 18.0 Å². The molecule has 3 amide bonds. The molecule has 0 aliphatic carbocycles. The summed E-state index contributed by atoms with van der Waals surface area (Å²) in [4.78, 5) is 42.0. The minimum absolute atomic E-state index is 0.0681. The normalized spacial score (nSPS) is 26.5. The predicted molar refractivity (Wildman–Crippen MR) is 126 cm³/mol. The van der Waals surface area contributed by atoms with Crippen LogP contribution in [0.15, 0.2) is 60.7 Å². The summed E-state index contributed by atoms with van der Waals surface area (Å²) in [5.41, 5.74) is -0.253. The number of hydrogen-bond donors (Lipinski definition) is 3. The molecule has 2 saturated heterocycles. The van der Waals surface area contributed by atoms with Crippen LogP contribution in [0.25, 0.3) is 0 Å². The Morgan fingerprint density at radius 2 is 1.72 bits per heavy atom. The summed E-state index contributed by atoms with van der Waals surface area (Å²) < 4.78 is 28.1. The minimum atomic E-state index is -1.69. The van der Waals surface area contributed by atoms with Crippen LogP contribution in [-0.4, -0.2) is 28.9 Å². The molecule has 36 heavy (non-hydrogen) atoms. The van der Waals surface area contributed by atoms with Gasteiger partial charge in [0.25, 0.3) is 0 Å². The number of anilines is 2. The minimum Gasteiger partial charge on any atom is -0.508 e. The first-order valence-corrected chi connectivity index (χ1v) is 11.6. The second kappa shape index (κ2) is 7.84. The number of phenolic OH excluding ortho intramolecular Hbond substituents is 1. The quantitative estimate of drug-likeness (QED) is 0.470. The summed E-state index contributed by atoms with van der Waals surface area (Å²) in [6, 6.07) is 13.0. The van der Waals surface area contributed by atoms with Crippen molar-refractivity contribution < 1.29 is 28.3 Å². The lowest BCUT2D eigenvalue weighted by Gasteiger charge is -2.29. The molecular weight excluding hydrogens is 492 g/mol. The molecule has 6 rings (SSSR count). The van der Waals surface area contributed by atoms with E-state index in [0.717, 1.165) is 16.5 Å². The van der Waals surface area contributed by atoms with Crippen LogP contribution in [0.2, 0.25) is 5.02 Å². The number of halogens is 3. The number of carbonyl (C=O) groups excluding carboxylic acids is 3. The summed E-state index contributed by atoms with van der Waals surface area (Å²) in [6.07, 6.45) is 0.248. The molecule has 3 N–H and O–H groups in total. The summed E-state index contributed by atoms with van der Waals surface area (Å²) in [7, 11) is 0. The van der Waals surface area contributed by atoms with Crippen molar-refractivity contribution in [3.63, 3.8) is 0 Å². The van der Waals surface area contributed by atoms with Gasteiger partial charge in [-0.05, 0) is 60.5 Å². The smallest absolute Gasteiger partial charge is 0.250 e. The molecule has 3 heterocycles. The zero-order valence-corrected chi connectivity index (χ0v) is 19.2. The molecule has 3 aliphatic rings. The third-order valence-corrected chi connectivity index (χ3v) is 7.52. The first-order chi connectivity index (χ1) is 17.2. The van der Waals surface area contributed by atoms with Crippen LogP contribution in [0.4, 0.5) is 20.2 Å². The highest BCUT2D eigenvalue weighted by atomic mass is 35.5. The Kier molecular flexibility index (Phi) is 4.93. The third kappa shape index (κ3) is 3.09. The SMILES string of the molecule is O=C1[C@@H]2[C@H](Cc3ccc(O)cc3)N[C@@]3(C(=O)Nc4ccc(F)cc43)[C@@H]2C(=O)N1c1ccc(F)c(Cl)c1. The van der Waals surface area contributed by atoms with Crippen LogP contribution in [-0.2, 0) is 26.3 Å². The van der Waals surface area contributed by atoms with Crippen molar-refractivity contribution >= 4 is 40.7 Å². The Morgan fingerprint density at radius 3 is 2.44 bits per heavy atom. The number of benzene rings is 3. The Morgan fingerprint density at radius 1 is 0.972 bits per heavy atom. The van der Waals surface area contributed by atoms with Crippen LogP contribution in [0.5, 0.6) is 5.75 Å². The molecule has 0 radical (unpaired) electrons. The van der Waals surface area contributed by atoms with Gasteiger partial charge in [0.1, 0.15) is 22.9 Å². The number of hydrogen-bond acceptors (Lipinski definition) is 5. The van der Waals surface area contributed by atoms with Gasteiger partial charge in [0.15, 0.2) is 0 Å². The maximum atomic E-state index is 14.3. The van der Waals surface area contributed by atoms with Crippen LogP contribution in [0.3, 0.4) is 0 Å². The van der Waals surface area contributed by atoms with E-state index in [4.69, 9.17) is 11.6 Å². The fraction of sp³-hybridized carbons (Fsp3) is 0.192. The van der Waals surface area contributed by atoms with Crippen molar-refractivity contribution in [3.05, 3.63) is 88.4 Å². The second-order valence-corrected chi connectivity index (χ2v) is 9.59. The largest absolute Gasteiger partial charge is 0.508 e. The molecule has 1 spiro atoms. The van der Waals surface area contributed by atoms with Gasteiger partial charge in [-0.2, -0.15) is 0 Å². The Labute approximate surface area is 208 Å². The Hall–Kier alpha value is -3.82. The van der Waals surface area contributed by atoms with Crippen molar-refractivity contribution in [2.75, 3.05) is 10.2 Å². The molecule has 3 aromatic rings. The fourth-order valence-corrected chi connectivity index (χ4v) is 5.89. The number of imide groups is 1.